The molecule has 114 valence electrons. The maximum Gasteiger partial charge on any atom is 0.231 e. The van der Waals surface area contributed by atoms with Gasteiger partial charge in [0.15, 0.2) is 0 Å². The highest BCUT2D eigenvalue weighted by molar-refractivity contribution is 5.98. The molecule has 0 spiro atoms. The summed E-state index contributed by atoms with van der Waals surface area (Å²) < 4.78 is 5.39. The van der Waals surface area contributed by atoms with Crippen molar-refractivity contribution in [3.63, 3.8) is 0 Å². The monoisotopic (exact) mass is 289 g/mol. The fourth-order valence-corrected chi connectivity index (χ4v) is 3.04. The lowest BCUT2D eigenvalue weighted by Gasteiger charge is -2.39. The van der Waals surface area contributed by atoms with Gasteiger partial charge in [0.05, 0.1) is 30.0 Å². The van der Waals surface area contributed by atoms with E-state index < -0.39 is 0 Å². The Hall–Kier alpha value is -1.59. The number of hydrogen-bond donors (Lipinski definition) is 2. The summed E-state index contributed by atoms with van der Waals surface area (Å²) in [6.45, 7) is 3.60. The fraction of sp³-hybridized carbons (Fsp3) is 0.562. The first kappa shape index (κ1) is 14.4. The molecule has 0 unspecified atom stereocenters. The van der Waals surface area contributed by atoms with E-state index in [4.69, 9.17) is 10.5 Å². The number of nitrogens with one attached hydrogen (secondary N) is 1. The normalized spacial score (nSPS) is 20.7. The van der Waals surface area contributed by atoms with Crippen LogP contribution in [0.2, 0.25) is 0 Å². The van der Waals surface area contributed by atoms with Crippen molar-refractivity contribution < 1.29 is 9.53 Å². The highest BCUT2D eigenvalue weighted by Gasteiger charge is 2.43. The number of rotatable bonds is 4. The van der Waals surface area contributed by atoms with Crippen LogP contribution in [0.4, 0.5) is 11.4 Å². The summed E-state index contributed by atoms with van der Waals surface area (Å²) in [6.07, 6.45) is 2.89. The minimum atomic E-state index is -0.349. The maximum absolute atomic E-state index is 12.5. The molecule has 1 aliphatic heterocycles. The molecule has 1 aromatic carbocycles. The van der Waals surface area contributed by atoms with Gasteiger partial charge in [-0.3, -0.25) is 4.79 Å². The third-order valence-electron chi connectivity index (χ3n) is 4.69. The molecular formula is C16H23N3O2. The summed E-state index contributed by atoms with van der Waals surface area (Å²) in [6, 6.07) is 7.97. The van der Waals surface area contributed by atoms with Crippen LogP contribution in [0.15, 0.2) is 24.3 Å². The zero-order valence-corrected chi connectivity index (χ0v) is 12.3. The molecule has 3 rings (SSSR count). The first-order chi connectivity index (χ1) is 10.2. The minimum Gasteiger partial charge on any atom is -0.378 e. The first-order valence-electron chi connectivity index (χ1n) is 7.68. The van der Waals surface area contributed by atoms with Gasteiger partial charge in [-0.25, -0.2) is 0 Å². The van der Waals surface area contributed by atoms with E-state index in [9.17, 15) is 4.79 Å². The largest absolute Gasteiger partial charge is 0.378 e. The SMILES string of the molecule is NCC1(C(=O)Nc2ccccc2N2CCOCC2)CCC1. The molecule has 0 aromatic heterocycles. The molecule has 0 atom stereocenters. The molecular weight excluding hydrogens is 266 g/mol. The smallest absolute Gasteiger partial charge is 0.231 e. The van der Waals surface area contributed by atoms with E-state index in [0.29, 0.717) is 6.54 Å². The third-order valence-corrected chi connectivity index (χ3v) is 4.69. The lowest BCUT2D eigenvalue weighted by Crippen LogP contribution is -2.47. The van der Waals surface area contributed by atoms with E-state index in [1.165, 1.54) is 0 Å². The molecule has 1 heterocycles. The number of anilines is 2. The van der Waals surface area contributed by atoms with Gasteiger partial charge < -0.3 is 20.7 Å². The lowest BCUT2D eigenvalue weighted by molar-refractivity contribution is -0.129. The average molecular weight is 289 g/mol. The van der Waals surface area contributed by atoms with Gasteiger partial charge in [-0.2, -0.15) is 0 Å². The van der Waals surface area contributed by atoms with Crippen LogP contribution >= 0.6 is 0 Å². The van der Waals surface area contributed by atoms with Crippen molar-refractivity contribution in [2.24, 2.45) is 11.1 Å². The Morgan fingerprint density at radius 1 is 1.29 bits per heavy atom. The van der Waals surface area contributed by atoms with Crippen molar-refractivity contribution in [2.45, 2.75) is 19.3 Å². The van der Waals surface area contributed by atoms with Gasteiger partial charge in [0.25, 0.3) is 0 Å². The molecule has 1 saturated heterocycles. The van der Waals surface area contributed by atoms with E-state index in [0.717, 1.165) is 56.9 Å². The number of hydrogen-bond acceptors (Lipinski definition) is 4. The fourth-order valence-electron chi connectivity index (χ4n) is 3.04. The van der Waals surface area contributed by atoms with Gasteiger partial charge in [-0.05, 0) is 25.0 Å². The first-order valence-corrected chi connectivity index (χ1v) is 7.68. The Morgan fingerprint density at radius 2 is 2.00 bits per heavy atom. The Balaban J connectivity index is 1.77. The lowest BCUT2D eigenvalue weighted by atomic mass is 9.68. The summed E-state index contributed by atoms with van der Waals surface area (Å²) in [5.41, 5.74) is 7.42. The number of morpholine rings is 1. The van der Waals surface area contributed by atoms with Crippen LogP contribution in [0.25, 0.3) is 0 Å². The predicted octanol–water partition coefficient (Wildman–Crippen LogP) is 1.59. The Bertz CT molecular complexity index is 502. The molecule has 5 nitrogen and oxygen atoms in total. The highest BCUT2D eigenvalue weighted by atomic mass is 16.5. The molecule has 2 fully saturated rings. The zero-order valence-electron chi connectivity index (χ0n) is 12.3. The predicted molar refractivity (Wildman–Crippen MR) is 83.4 cm³/mol. The van der Waals surface area contributed by atoms with Crippen LogP contribution in [0.1, 0.15) is 19.3 Å². The number of nitrogens with two attached hydrogens (primary N) is 1. The van der Waals surface area contributed by atoms with Gasteiger partial charge in [0.1, 0.15) is 0 Å². The Morgan fingerprint density at radius 3 is 2.62 bits per heavy atom. The second-order valence-corrected chi connectivity index (χ2v) is 5.91. The number of amides is 1. The number of benzene rings is 1. The number of ether oxygens (including phenoxy) is 1. The summed E-state index contributed by atoms with van der Waals surface area (Å²) in [7, 11) is 0. The number of carbonyl (C=O) groups is 1. The van der Waals surface area contributed by atoms with Gasteiger partial charge in [-0.1, -0.05) is 18.6 Å². The Labute approximate surface area is 125 Å². The molecule has 1 aliphatic carbocycles. The number of nitrogens with zero attached hydrogens (tertiary/aromatic N) is 1. The zero-order chi connectivity index (χ0) is 14.7. The molecule has 1 amide bonds. The van der Waals surface area contributed by atoms with Gasteiger partial charge in [-0.15, -0.1) is 0 Å². The van der Waals surface area contributed by atoms with Crippen molar-refractivity contribution in [1.29, 1.82) is 0 Å². The van der Waals surface area contributed by atoms with Crippen LogP contribution < -0.4 is 16.0 Å². The second kappa shape index (κ2) is 6.03. The van der Waals surface area contributed by atoms with Crippen LogP contribution in [0, 0.1) is 5.41 Å². The molecule has 1 aromatic rings. The van der Waals surface area contributed by atoms with Gasteiger partial charge >= 0.3 is 0 Å². The average Bonchev–Trinajstić information content (AvgIpc) is 2.48. The molecule has 1 saturated carbocycles. The summed E-state index contributed by atoms with van der Waals surface area (Å²) in [4.78, 5) is 14.8. The molecule has 3 N–H and O–H groups in total. The molecule has 0 bridgehead atoms. The van der Waals surface area contributed by atoms with E-state index >= 15 is 0 Å². The minimum absolute atomic E-state index is 0.0666. The Kier molecular flexibility index (Phi) is 4.12. The van der Waals surface area contributed by atoms with Crippen molar-refractivity contribution in [3.05, 3.63) is 24.3 Å². The van der Waals surface area contributed by atoms with Crippen molar-refractivity contribution in [2.75, 3.05) is 43.1 Å². The summed E-state index contributed by atoms with van der Waals surface area (Å²) in [5.74, 6) is 0.0666. The van der Waals surface area contributed by atoms with E-state index in [1.807, 2.05) is 18.2 Å². The van der Waals surface area contributed by atoms with Crippen molar-refractivity contribution in [3.8, 4) is 0 Å². The third kappa shape index (κ3) is 2.76. The maximum atomic E-state index is 12.5. The number of carbonyl (C=O) groups excluding carboxylic acids is 1. The van der Waals surface area contributed by atoms with Crippen LogP contribution in [0.5, 0.6) is 0 Å². The van der Waals surface area contributed by atoms with Crippen LogP contribution in [-0.2, 0) is 9.53 Å². The second-order valence-electron chi connectivity index (χ2n) is 5.91. The van der Waals surface area contributed by atoms with E-state index in [2.05, 4.69) is 16.3 Å². The van der Waals surface area contributed by atoms with Gasteiger partial charge in [0, 0.05) is 19.6 Å². The van der Waals surface area contributed by atoms with Crippen LogP contribution in [-0.4, -0.2) is 38.8 Å². The quantitative estimate of drug-likeness (QED) is 0.883. The summed E-state index contributed by atoms with van der Waals surface area (Å²) in [5, 5.41) is 3.10. The van der Waals surface area contributed by atoms with Crippen LogP contribution in [0.3, 0.4) is 0 Å². The molecule has 2 aliphatic rings. The molecule has 21 heavy (non-hydrogen) atoms. The number of para-hydroxylation sites is 2. The standard InChI is InChI=1S/C16H23N3O2/c17-12-16(6-3-7-16)15(20)18-13-4-1-2-5-14(13)19-8-10-21-11-9-19/h1-2,4-5H,3,6-12,17H2,(H,18,20). The van der Waals surface area contributed by atoms with Crippen molar-refractivity contribution in [1.82, 2.24) is 0 Å². The topological polar surface area (TPSA) is 67.6 Å². The van der Waals surface area contributed by atoms with E-state index in [-0.39, 0.29) is 11.3 Å². The summed E-state index contributed by atoms with van der Waals surface area (Å²) >= 11 is 0. The van der Waals surface area contributed by atoms with Crippen molar-refractivity contribution >= 4 is 17.3 Å². The highest BCUT2D eigenvalue weighted by Crippen LogP contribution is 2.41. The molecule has 0 radical (unpaired) electrons. The van der Waals surface area contributed by atoms with Gasteiger partial charge in [0.2, 0.25) is 5.91 Å². The molecule has 5 heteroatoms. The van der Waals surface area contributed by atoms with E-state index in [1.54, 1.807) is 0 Å².